The highest BCUT2D eigenvalue weighted by Crippen LogP contribution is 2.29. The largest absolute Gasteiger partial charge is 0.490 e. The molecule has 0 saturated heterocycles. The van der Waals surface area contributed by atoms with Crippen molar-refractivity contribution in [2.24, 2.45) is 5.10 Å². The second-order valence-electron chi connectivity index (χ2n) is 8.36. The average Bonchev–Trinajstić information content (AvgIpc) is 2.94. The number of halogens is 2. The number of sulfonamides is 1. The number of hydrogen-bond acceptors (Lipinski definition) is 6. The van der Waals surface area contributed by atoms with Gasteiger partial charge in [0.1, 0.15) is 6.61 Å². The van der Waals surface area contributed by atoms with E-state index in [1.807, 2.05) is 19.1 Å². The standard InChI is InChI=1S/C29H25Cl2N3O5S/c1-2-38-28-17-21(9-16-27(28)39-19-20-7-10-22(30)11-8-20)18-32-33-29(35)25-5-3-4-6-26(25)34-40(36,37)24-14-12-23(31)13-15-24/h3-18,34H,2,19H2,1H3,(H,33,35)/b32-18-. The molecule has 4 aromatic rings. The van der Waals surface area contributed by atoms with E-state index >= 15 is 0 Å². The Morgan fingerprint density at radius 3 is 2.25 bits per heavy atom. The van der Waals surface area contributed by atoms with Crippen LogP contribution in [0.25, 0.3) is 0 Å². The maximum atomic E-state index is 12.9. The van der Waals surface area contributed by atoms with Crippen LogP contribution in [0.3, 0.4) is 0 Å². The summed E-state index contributed by atoms with van der Waals surface area (Å²) in [5, 5.41) is 5.09. The van der Waals surface area contributed by atoms with E-state index in [-0.39, 0.29) is 16.1 Å². The van der Waals surface area contributed by atoms with Gasteiger partial charge in [-0.2, -0.15) is 5.10 Å². The first-order chi connectivity index (χ1) is 19.2. The number of amides is 1. The van der Waals surface area contributed by atoms with E-state index in [0.717, 1.165) is 5.56 Å². The van der Waals surface area contributed by atoms with Crippen LogP contribution in [0.2, 0.25) is 10.0 Å². The lowest BCUT2D eigenvalue weighted by Crippen LogP contribution is -2.21. The summed E-state index contributed by atoms with van der Waals surface area (Å²) in [6.45, 7) is 2.63. The molecule has 0 radical (unpaired) electrons. The van der Waals surface area contributed by atoms with Crippen LogP contribution in [-0.2, 0) is 16.6 Å². The summed E-state index contributed by atoms with van der Waals surface area (Å²) in [5.74, 6) is 0.479. The molecule has 1 amide bonds. The topological polar surface area (TPSA) is 106 Å². The number of benzene rings is 4. The molecule has 0 fully saturated rings. The van der Waals surface area contributed by atoms with Crippen molar-refractivity contribution in [1.82, 2.24) is 5.43 Å². The zero-order chi connectivity index (χ0) is 28.5. The first-order valence-corrected chi connectivity index (χ1v) is 14.3. The third-order valence-corrected chi connectivity index (χ3v) is 7.38. The summed E-state index contributed by atoms with van der Waals surface area (Å²) < 4.78 is 39.7. The van der Waals surface area contributed by atoms with Crippen LogP contribution in [0.15, 0.2) is 101 Å². The molecule has 0 bridgehead atoms. The number of hydrazone groups is 1. The SMILES string of the molecule is CCOc1cc(/C=N\NC(=O)c2ccccc2NS(=O)(=O)c2ccc(Cl)cc2)ccc1OCc1ccc(Cl)cc1. The maximum Gasteiger partial charge on any atom is 0.273 e. The Hall–Kier alpha value is -4.05. The zero-order valence-electron chi connectivity index (χ0n) is 21.3. The predicted octanol–water partition coefficient (Wildman–Crippen LogP) is 6.54. The maximum absolute atomic E-state index is 12.9. The number of nitrogens with zero attached hydrogens (tertiary/aromatic N) is 1. The molecule has 4 aromatic carbocycles. The molecule has 0 spiro atoms. The van der Waals surface area contributed by atoms with Gasteiger partial charge in [0.05, 0.1) is 29.0 Å². The fraction of sp³-hybridized carbons (Fsp3) is 0.103. The van der Waals surface area contributed by atoms with Crippen LogP contribution in [0, 0.1) is 0 Å². The molecule has 206 valence electrons. The fourth-order valence-corrected chi connectivity index (χ4v) is 4.88. The second kappa shape index (κ2) is 13.3. The molecule has 0 aromatic heterocycles. The Morgan fingerprint density at radius 2 is 1.55 bits per heavy atom. The van der Waals surface area contributed by atoms with Crippen molar-refractivity contribution in [2.45, 2.75) is 18.4 Å². The number of carbonyl (C=O) groups is 1. The number of carbonyl (C=O) groups excluding carboxylic acids is 1. The first kappa shape index (κ1) is 28.9. The minimum atomic E-state index is -3.95. The number of para-hydroxylation sites is 1. The van der Waals surface area contributed by atoms with Gasteiger partial charge in [-0.25, -0.2) is 13.8 Å². The lowest BCUT2D eigenvalue weighted by Gasteiger charge is -2.13. The molecule has 2 N–H and O–H groups in total. The highest BCUT2D eigenvalue weighted by molar-refractivity contribution is 7.92. The van der Waals surface area contributed by atoms with Crippen LogP contribution in [0.5, 0.6) is 11.5 Å². The first-order valence-electron chi connectivity index (χ1n) is 12.1. The molecule has 4 rings (SSSR count). The Labute approximate surface area is 242 Å². The van der Waals surface area contributed by atoms with Crippen molar-refractivity contribution >= 4 is 51.0 Å². The van der Waals surface area contributed by atoms with Crippen LogP contribution in [-0.4, -0.2) is 27.1 Å². The van der Waals surface area contributed by atoms with Crippen LogP contribution in [0.1, 0.15) is 28.4 Å². The van der Waals surface area contributed by atoms with Crippen LogP contribution in [0.4, 0.5) is 5.69 Å². The number of rotatable bonds is 11. The number of anilines is 1. The van der Waals surface area contributed by atoms with Gasteiger partial charge in [-0.15, -0.1) is 0 Å². The van der Waals surface area contributed by atoms with Gasteiger partial charge >= 0.3 is 0 Å². The smallest absolute Gasteiger partial charge is 0.273 e. The fourth-order valence-electron chi connectivity index (χ4n) is 3.55. The van der Waals surface area contributed by atoms with E-state index in [2.05, 4.69) is 15.2 Å². The van der Waals surface area contributed by atoms with E-state index in [0.29, 0.717) is 40.3 Å². The summed E-state index contributed by atoms with van der Waals surface area (Å²) in [6.07, 6.45) is 1.45. The van der Waals surface area contributed by atoms with E-state index in [1.165, 1.54) is 42.6 Å². The minimum absolute atomic E-state index is 0.0100. The van der Waals surface area contributed by atoms with E-state index in [9.17, 15) is 13.2 Å². The average molecular weight is 599 g/mol. The number of ether oxygens (including phenoxy) is 2. The molecule has 40 heavy (non-hydrogen) atoms. The molecular formula is C29H25Cl2N3O5S. The third kappa shape index (κ3) is 7.75. The summed E-state index contributed by atoms with van der Waals surface area (Å²) in [7, 11) is -3.95. The van der Waals surface area contributed by atoms with Gasteiger partial charge in [-0.3, -0.25) is 9.52 Å². The summed E-state index contributed by atoms with van der Waals surface area (Å²) in [4.78, 5) is 12.9. The molecule has 8 nitrogen and oxygen atoms in total. The van der Waals surface area contributed by atoms with Crippen molar-refractivity contribution < 1.29 is 22.7 Å². The van der Waals surface area contributed by atoms with Crippen molar-refractivity contribution in [1.29, 1.82) is 0 Å². The van der Waals surface area contributed by atoms with Gasteiger partial charge in [-0.05, 0) is 84.8 Å². The Balaban J connectivity index is 1.43. The van der Waals surface area contributed by atoms with Gasteiger partial charge in [0.25, 0.3) is 15.9 Å². The third-order valence-electron chi connectivity index (χ3n) is 5.49. The quantitative estimate of drug-likeness (QED) is 0.151. The second-order valence-corrected chi connectivity index (χ2v) is 10.9. The van der Waals surface area contributed by atoms with E-state index < -0.39 is 15.9 Å². The van der Waals surface area contributed by atoms with Gasteiger partial charge in [0.15, 0.2) is 11.5 Å². The lowest BCUT2D eigenvalue weighted by atomic mass is 10.2. The number of nitrogens with one attached hydrogen (secondary N) is 2. The Bertz CT molecular complexity index is 1610. The highest BCUT2D eigenvalue weighted by atomic mass is 35.5. The van der Waals surface area contributed by atoms with Gasteiger partial charge < -0.3 is 9.47 Å². The summed E-state index contributed by atoms with van der Waals surface area (Å²) >= 11 is 11.8. The molecule has 11 heteroatoms. The van der Waals surface area contributed by atoms with Crippen LogP contribution >= 0.6 is 23.2 Å². The molecule has 0 aliphatic carbocycles. The normalized spacial score (nSPS) is 11.3. The Morgan fingerprint density at radius 1 is 0.875 bits per heavy atom. The summed E-state index contributed by atoms with van der Waals surface area (Å²) in [6, 6.07) is 24.5. The highest BCUT2D eigenvalue weighted by Gasteiger charge is 2.18. The predicted molar refractivity (Wildman–Crippen MR) is 157 cm³/mol. The molecule has 0 heterocycles. The Kier molecular flexibility index (Phi) is 9.65. The van der Waals surface area contributed by atoms with Gasteiger partial charge in [0.2, 0.25) is 0 Å². The van der Waals surface area contributed by atoms with Crippen LogP contribution < -0.4 is 19.6 Å². The number of hydrogen-bond donors (Lipinski definition) is 2. The molecule has 0 aliphatic rings. The van der Waals surface area contributed by atoms with E-state index in [4.69, 9.17) is 32.7 Å². The van der Waals surface area contributed by atoms with Gasteiger partial charge in [0, 0.05) is 10.0 Å². The van der Waals surface area contributed by atoms with Crippen molar-refractivity contribution in [2.75, 3.05) is 11.3 Å². The monoisotopic (exact) mass is 597 g/mol. The zero-order valence-corrected chi connectivity index (χ0v) is 23.6. The van der Waals surface area contributed by atoms with Crippen molar-refractivity contribution in [3.8, 4) is 11.5 Å². The molecule has 0 unspecified atom stereocenters. The van der Waals surface area contributed by atoms with Gasteiger partial charge in [-0.1, -0.05) is 47.5 Å². The van der Waals surface area contributed by atoms with E-state index in [1.54, 1.807) is 42.5 Å². The van der Waals surface area contributed by atoms with Crippen molar-refractivity contribution in [3.63, 3.8) is 0 Å². The summed E-state index contributed by atoms with van der Waals surface area (Å²) in [5.41, 5.74) is 4.24. The molecule has 0 atom stereocenters. The molecule has 0 aliphatic heterocycles. The molecular weight excluding hydrogens is 573 g/mol. The minimum Gasteiger partial charge on any atom is -0.490 e. The van der Waals surface area contributed by atoms with Crippen molar-refractivity contribution in [3.05, 3.63) is 118 Å². The lowest BCUT2D eigenvalue weighted by molar-refractivity contribution is 0.0956. The molecule has 0 saturated carbocycles.